The molecular weight excluding hydrogens is 284 g/mol. The van der Waals surface area contributed by atoms with Crippen molar-refractivity contribution in [3.05, 3.63) is 18.0 Å². The van der Waals surface area contributed by atoms with Gasteiger partial charge >= 0.3 is 6.09 Å². The minimum Gasteiger partial charge on any atom is -0.441 e. The van der Waals surface area contributed by atoms with Gasteiger partial charge in [0, 0.05) is 45.2 Å². The Balaban J connectivity index is 1.63. The molecule has 0 atom stereocenters. The lowest BCUT2D eigenvalue weighted by molar-refractivity contribution is 0.00317. The fraction of sp³-hybridized carbons (Fsp3) is 0.667. The zero-order valence-electron chi connectivity index (χ0n) is 13.3. The van der Waals surface area contributed by atoms with Gasteiger partial charge in [0.25, 0.3) is 5.91 Å². The third-order valence-corrected chi connectivity index (χ3v) is 4.48. The molecule has 7 nitrogen and oxygen atoms in total. The first-order chi connectivity index (χ1) is 10.4. The predicted molar refractivity (Wildman–Crippen MR) is 79.6 cm³/mol. The fourth-order valence-corrected chi connectivity index (χ4v) is 3.08. The molecule has 0 N–H and O–H groups in total. The average Bonchev–Trinajstić information content (AvgIpc) is 3.06. The first kappa shape index (κ1) is 14.9. The number of carbonyl (C=O) groups excluding carboxylic acids is 2. The van der Waals surface area contributed by atoms with Crippen LogP contribution in [0.3, 0.4) is 0 Å². The van der Waals surface area contributed by atoms with E-state index in [0.717, 1.165) is 0 Å². The Kier molecular flexibility index (Phi) is 3.58. The number of piperidine rings is 1. The topological polar surface area (TPSA) is 67.7 Å². The number of hydrogen-bond acceptors (Lipinski definition) is 4. The van der Waals surface area contributed by atoms with Crippen molar-refractivity contribution >= 4 is 12.0 Å². The van der Waals surface area contributed by atoms with Crippen molar-refractivity contribution in [2.75, 3.05) is 26.7 Å². The second kappa shape index (κ2) is 5.30. The first-order valence-electron chi connectivity index (χ1n) is 7.68. The van der Waals surface area contributed by atoms with E-state index in [1.54, 1.807) is 29.0 Å². The van der Waals surface area contributed by atoms with E-state index in [2.05, 4.69) is 5.10 Å². The highest BCUT2D eigenvalue weighted by atomic mass is 16.6. The highest BCUT2D eigenvalue weighted by Crippen LogP contribution is 2.32. The predicted octanol–water partition coefficient (Wildman–Crippen LogP) is 1.52. The maximum Gasteiger partial charge on any atom is 0.410 e. The van der Waals surface area contributed by atoms with E-state index in [4.69, 9.17) is 4.74 Å². The zero-order chi connectivity index (χ0) is 15.9. The lowest BCUT2D eigenvalue weighted by Crippen LogP contribution is -2.48. The third kappa shape index (κ3) is 2.55. The SMILES string of the molecule is CC(C)n1cc(C(=O)N2CCC3(CC2)CN(C)C(=O)O3)cn1. The molecule has 2 aliphatic rings. The number of carbonyl (C=O) groups is 2. The van der Waals surface area contributed by atoms with Crippen molar-refractivity contribution in [3.63, 3.8) is 0 Å². The molecule has 2 saturated heterocycles. The number of hydrogen-bond donors (Lipinski definition) is 0. The Morgan fingerprint density at radius 1 is 1.36 bits per heavy atom. The summed E-state index contributed by atoms with van der Waals surface area (Å²) in [5.41, 5.74) is 0.204. The number of ether oxygens (including phenoxy) is 1. The zero-order valence-corrected chi connectivity index (χ0v) is 13.3. The molecular formula is C15H22N4O3. The van der Waals surface area contributed by atoms with Gasteiger partial charge in [0.2, 0.25) is 0 Å². The molecule has 22 heavy (non-hydrogen) atoms. The molecule has 1 aromatic rings. The van der Waals surface area contributed by atoms with Crippen molar-refractivity contribution in [2.24, 2.45) is 0 Å². The smallest absolute Gasteiger partial charge is 0.410 e. The Morgan fingerprint density at radius 3 is 2.55 bits per heavy atom. The summed E-state index contributed by atoms with van der Waals surface area (Å²) in [5.74, 6) is -0.000530. The molecule has 0 bridgehead atoms. The molecule has 0 radical (unpaired) electrons. The lowest BCUT2D eigenvalue weighted by atomic mass is 9.91. The van der Waals surface area contributed by atoms with Crippen LogP contribution in [0.4, 0.5) is 4.79 Å². The number of rotatable bonds is 2. The van der Waals surface area contributed by atoms with Crippen LogP contribution in [0.2, 0.25) is 0 Å². The summed E-state index contributed by atoms with van der Waals surface area (Å²) in [5, 5.41) is 4.22. The van der Waals surface area contributed by atoms with Crippen LogP contribution in [-0.2, 0) is 4.74 Å². The quantitative estimate of drug-likeness (QED) is 0.831. The van der Waals surface area contributed by atoms with Crippen LogP contribution >= 0.6 is 0 Å². The van der Waals surface area contributed by atoms with Gasteiger partial charge in [-0.05, 0) is 13.8 Å². The van der Waals surface area contributed by atoms with Crippen molar-refractivity contribution in [1.82, 2.24) is 19.6 Å². The van der Waals surface area contributed by atoms with Crippen LogP contribution in [0, 0.1) is 0 Å². The minimum atomic E-state index is -0.412. The molecule has 2 fully saturated rings. The van der Waals surface area contributed by atoms with Crippen molar-refractivity contribution in [1.29, 1.82) is 0 Å². The molecule has 3 heterocycles. The Hall–Kier alpha value is -2.05. The van der Waals surface area contributed by atoms with Gasteiger partial charge < -0.3 is 14.5 Å². The van der Waals surface area contributed by atoms with Crippen molar-refractivity contribution < 1.29 is 14.3 Å². The minimum absolute atomic E-state index is 0.000530. The second-order valence-electron chi connectivity index (χ2n) is 6.50. The molecule has 0 aliphatic carbocycles. The van der Waals surface area contributed by atoms with Gasteiger partial charge in [-0.1, -0.05) is 0 Å². The van der Waals surface area contributed by atoms with Crippen molar-refractivity contribution in [3.8, 4) is 0 Å². The van der Waals surface area contributed by atoms with E-state index >= 15 is 0 Å². The van der Waals surface area contributed by atoms with Gasteiger partial charge in [-0.3, -0.25) is 9.48 Å². The van der Waals surface area contributed by atoms with Crippen LogP contribution in [-0.4, -0.2) is 63.9 Å². The Morgan fingerprint density at radius 2 is 2.05 bits per heavy atom. The summed E-state index contributed by atoms with van der Waals surface area (Å²) in [6, 6.07) is 0.236. The highest BCUT2D eigenvalue weighted by Gasteiger charge is 2.46. The van der Waals surface area contributed by atoms with Gasteiger partial charge in [0.15, 0.2) is 0 Å². The van der Waals surface area contributed by atoms with Crippen LogP contribution in [0.5, 0.6) is 0 Å². The van der Waals surface area contributed by atoms with Crippen molar-refractivity contribution in [2.45, 2.75) is 38.3 Å². The van der Waals surface area contributed by atoms with Crippen LogP contribution in [0.1, 0.15) is 43.1 Å². The molecule has 2 aliphatic heterocycles. The van der Waals surface area contributed by atoms with E-state index in [1.165, 1.54) is 0 Å². The van der Waals surface area contributed by atoms with E-state index in [9.17, 15) is 9.59 Å². The van der Waals surface area contributed by atoms with E-state index in [1.807, 2.05) is 18.7 Å². The summed E-state index contributed by atoms with van der Waals surface area (Å²) < 4.78 is 7.29. The Labute approximate surface area is 129 Å². The molecule has 120 valence electrons. The maximum absolute atomic E-state index is 12.5. The van der Waals surface area contributed by atoms with Crippen LogP contribution in [0.15, 0.2) is 12.4 Å². The number of amides is 2. The second-order valence-corrected chi connectivity index (χ2v) is 6.50. The molecule has 1 spiro atoms. The Bertz CT molecular complexity index is 587. The fourth-order valence-electron chi connectivity index (χ4n) is 3.08. The summed E-state index contributed by atoms with van der Waals surface area (Å²) >= 11 is 0. The van der Waals surface area contributed by atoms with Gasteiger partial charge in [0.05, 0.1) is 18.3 Å². The van der Waals surface area contributed by atoms with Gasteiger partial charge in [-0.15, -0.1) is 0 Å². The average molecular weight is 306 g/mol. The monoisotopic (exact) mass is 306 g/mol. The molecule has 0 aromatic carbocycles. The number of nitrogens with zero attached hydrogens (tertiary/aromatic N) is 4. The van der Waals surface area contributed by atoms with E-state index in [-0.39, 0.29) is 18.0 Å². The van der Waals surface area contributed by atoms with E-state index < -0.39 is 5.60 Å². The van der Waals surface area contributed by atoms with Gasteiger partial charge in [0.1, 0.15) is 5.60 Å². The molecule has 0 saturated carbocycles. The highest BCUT2D eigenvalue weighted by molar-refractivity contribution is 5.93. The summed E-state index contributed by atoms with van der Waals surface area (Å²) in [4.78, 5) is 27.5. The molecule has 3 rings (SSSR count). The van der Waals surface area contributed by atoms with Crippen LogP contribution < -0.4 is 0 Å². The molecule has 0 unspecified atom stereocenters. The number of likely N-dealkylation sites (N-methyl/N-ethyl adjacent to an activating group) is 1. The first-order valence-corrected chi connectivity index (χ1v) is 7.68. The molecule has 7 heteroatoms. The van der Waals surface area contributed by atoms with Crippen LogP contribution in [0.25, 0.3) is 0 Å². The largest absolute Gasteiger partial charge is 0.441 e. The number of likely N-dealkylation sites (tertiary alicyclic amines) is 1. The molecule has 2 amide bonds. The lowest BCUT2D eigenvalue weighted by Gasteiger charge is -2.37. The third-order valence-electron chi connectivity index (χ3n) is 4.48. The van der Waals surface area contributed by atoms with E-state index in [0.29, 0.717) is 38.0 Å². The van der Waals surface area contributed by atoms with Gasteiger partial charge in [-0.2, -0.15) is 5.10 Å². The normalized spacial score (nSPS) is 20.8. The summed E-state index contributed by atoms with van der Waals surface area (Å²) in [6.07, 6.45) is 4.52. The molecule has 1 aromatic heterocycles. The number of aromatic nitrogens is 2. The maximum atomic E-state index is 12.5. The standard InChI is InChI=1S/C15H22N4O3/c1-11(2)19-9-12(8-16-19)13(20)18-6-4-15(5-7-18)10-17(3)14(21)22-15/h8-9,11H,4-7,10H2,1-3H3. The van der Waals surface area contributed by atoms with Gasteiger partial charge in [-0.25, -0.2) is 4.79 Å². The summed E-state index contributed by atoms with van der Waals surface area (Å²) in [6.45, 7) is 5.87. The summed E-state index contributed by atoms with van der Waals surface area (Å²) in [7, 11) is 1.74.